The van der Waals surface area contributed by atoms with E-state index in [1.54, 1.807) is 18.2 Å². The largest absolute Gasteiger partial charge is 0.355 e. The predicted octanol–water partition coefficient (Wildman–Crippen LogP) is 5.61. The summed E-state index contributed by atoms with van der Waals surface area (Å²) in [6.45, 7) is 2.00. The lowest BCUT2D eigenvalue weighted by Crippen LogP contribution is -2.25. The van der Waals surface area contributed by atoms with E-state index in [0.717, 1.165) is 22.0 Å². The molecular weight excluding hydrogens is 478 g/mol. The summed E-state index contributed by atoms with van der Waals surface area (Å²) in [6.07, 6.45) is 2.52. The molecule has 9 heteroatoms. The van der Waals surface area contributed by atoms with Gasteiger partial charge in [0.05, 0.1) is 16.7 Å². The van der Waals surface area contributed by atoms with Gasteiger partial charge in [-0.05, 0) is 42.3 Å². The van der Waals surface area contributed by atoms with Crippen LogP contribution in [-0.4, -0.2) is 27.0 Å². The smallest absolute Gasteiger partial charge is 0.292 e. The number of carbonyl (C=O) groups is 1. The summed E-state index contributed by atoms with van der Waals surface area (Å²) in [4.78, 5) is 28.5. The molecule has 1 amide bonds. The molecule has 0 aliphatic carbocycles. The average molecular weight is 498 g/mol. The Bertz CT molecular complexity index is 1550. The fourth-order valence-electron chi connectivity index (χ4n) is 3.99. The molecule has 1 unspecified atom stereocenters. The Labute approximate surface area is 211 Å². The summed E-state index contributed by atoms with van der Waals surface area (Å²) < 4.78 is 0. The second-order valence-corrected chi connectivity index (χ2v) is 8.68. The molecule has 1 saturated heterocycles. The number of hydrazone groups is 1. The Kier molecular flexibility index (Phi) is 6.18. The van der Waals surface area contributed by atoms with Crippen molar-refractivity contribution < 1.29 is 9.72 Å². The number of aromatic nitrogens is 1. The first-order chi connectivity index (χ1) is 17.4. The highest BCUT2D eigenvalue weighted by Crippen LogP contribution is 2.29. The SMILES string of the molecule is Cc1ccc2nc(Cl)c(/C=N/N3C(=O)/C(=C/c4cccc([N+](=O)[O-])c4)NC3c3ccccc3)cc2c1. The van der Waals surface area contributed by atoms with Gasteiger partial charge in [0.15, 0.2) is 6.17 Å². The molecule has 3 aromatic carbocycles. The summed E-state index contributed by atoms with van der Waals surface area (Å²) in [7, 11) is 0. The molecule has 178 valence electrons. The van der Waals surface area contributed by atoms with Gasteiger partial charge in [0, 0.05) is 23.1 Å². The van der Waals surface area contributed by atoms with Gasteiger partial charge in [0.1, 0.15) is 10.9 Å². The number of benzene rings is 3. The van der Waals surface area contributed by atoms with Crippen molar-refractivity contribution in [3.05, 3.63) is 122 Å². The lowest BCUT2D eigenvalue weighted by Gasteiger charge is -2.19. The highest BCUT2D eigenvalue weighted by Gasteiger charge is 2.36. The molecule has 2 heterocycles. The van der Waals surface area contributed by atoms with Crippen LogP contribution in [0.2, 0.25) is 5.15 Å². The summed E-state index contributed by atoms with van der Waals surface area (Å²) >= 11 is 6.41. The molecule has 36 heavy (non-hydrogen) atoms. The second kappa shape index (κ2) is 9.59. The molecule has 1 aliphatic rings. The zero-order chi connectivity index (χ0) is 25.2. The van der Waals surface area contributed by atoms with Crippen molar-refractivity contribution in [2.45, 2.75) is 13.1 Å². The second-order valence-electron chi connectivity index (χ2n) is 8.33. The zero-order valence-corrected chi connectivity index (χ0v) is 19.9. The maximum Gasteiger partial charge on any atom is 0.292 e. The van der Waals surface area contributed by atoms with Crippen molar-refractivity contribution in [3.8, 4) is 0 Å². The third-order valence-electron chi connectivity index (χ3n) is 5.75. The fraction of sp³-hybridized carbons (Fsp3) is 0.0741. The minimum Gasteiger partial charge on any atom is -0.355 e. The van der Waals surface area contributed by atoms with Crippen LogP contribution in [-0.2, 0) is 4.79 Å². The van der Waals surface area contributed by atoms with E-state index >= 15 is 0 Å². The van der Waals surface area contributed by atoms with Crippen molar-refractivity contribution in [1.29, 1.82) is 0 Å². The summed E-state index contributed by atoms with van der Waals surface area (Å²) in [5, 5.41) is 21.4. The maximum atomic E-state index is 13.4. The first-order valence-electron chi connectivity index (χ1n) is 11.1. The number of nitrogens with zero attached hydrogens (tertiary/aromatic N) is 4. The van der Waals surface area contributed by atoms with Gasteiger partial charge in [0.2, 0.25) is 0 Å². The number of non-ortho nitro benzene ring substituents is 1. The van der Waals surface area contributed by atoms with Crippen molar-refractivity contribution in [3.63, 3.8) is 0 Å². The molecule has 0 radical (unpaired) electrons. The van der Waals surface area contributed by atoms with Gasteiger partial charge in [-0.1, -0.05) is 65.7 Å². The minimum atomic E-state index is -0.575. The number of halogens is 1. The van der Waals surface area contributed by atoms with E-state index in [9.17, 15) is 14.9 Å². The van der Waals surface area contributed by atoms with E-state index in [0.29, 0.717) is 11.1 Å². The molecule has 1 N–H and O–H groups in total. The number of aryl methyl sites for hydroxylation is 1. The molecule has 0 bridgehead atoms. The van der Waals surface area contributed by atoms with Gasteiger partial charge in [-0.2, -0.15) is 5.10 Å². The van der Waals surface area contributed by atoms with Crippen LogP contribution in [0.3, 0.4) is 0 Å². The van der Waals surface area contributed by atoms with E-state index < -0.39 is 11.1 Å². The van der Waals surface area contributed by atoms with Crippen LogP contribution in [0.1, 0.15) is 28.4 Å². The van der Waals surface area contributed by atoms with Gasteiger partial charge in [-0.15, -0.1) is 0 Å². The van der Waals surface area contributed by atoms with Gasteiger partial charge in [-0.25, -0.2) is 9.99 Å². The first kappa shape index (κ1) is 23.2. The monoisotopic (exact) mass is 497 g/mol. The summed E-state index contributed by atoms with van der Waals surface area (Å²) in [5.74, 6) is -0.382. The van der Waals surface area contributed by atoms with Gasteiger partial charge in [-0.3, -0.25) is 14.9 Å². The van der Waals surface area contributed by atoms with Crippen molar-refractivity contribution in [2.75, 3.05) is 0 Å². The van der Waals surface area contributed by atoms with E-state index in [-0.39, 0.29) is 22.4 Å². The molecule has 8 nitrogen and oxygen atoms in total. The number of nitrogens with one attached hydrogen (secondary N) is 1. The molecule has 0 spiro atoms. The summed E-state index contributed by atoms with van der Waals surface area (Å²) in [6, 6.07) is 23.2. The zero-order valence-electron chi connectivity index (χ0n) is 19.1. The topological polar surface area (TPSA) is 101 Å². The number of rotatable bonds is 5. The Morgan fingerprint density at radius 3 is 2.67 bits per heavy atom. The lowest BCUT2D eigenvalue weighted by molar-refractivity contribution is -0.384. The first-order valence-corrected chi connectivity index (χ1v) is 11.5. The molecule has 5 rings (SSSR count). The van der Waals surface area contributed by atoms with Crippen LogP contribution < -0.4 is 5.32 Å². The van der Waals surface area contributed by atoms with Crippen LogP contribution in [0.4, 0.5) is 5.69 Å². The molecule has 1 fully saturated rings. The molecule has 1 aliphatic heterocycles. The van der Waals surface area contributed by atoms with E-state index in [2.05, 4.69) is 15.4 Å². The van der Waals surface area contributed by atoms with Crippen molar-refractivity contribution >= 4 is 46.4 Å². The van der Waals surface area contributed by atoms with Gasteiger partial charge in [0.25, 0.3) is 11.6 Å². The third kappa shape index (κ3) is 4.67. The number of nitro benzene ring substituents is 1. The Balaban J connectivity index is 1.52. The lowest BCUT2D eigenvalue weighted by atomic mass is 10.1. The highest BCUT2D eigenvalue weighted by atomic mass is 35.5. The summed E-state index contributed by atoms with van der Waals surface area (Å²) in [5.41, 5.74) is 3.99. The number of nitro groups is 1. The normalized spacial score (nSPS) is 16.7. The maximum absolute atomic E-state index is 13.4. The number of fused-ring (bicyclic) bond motifs is 1. The van der Waals surface area contributed by atoms with E-state index in [1.165, 1.54) is 23.4 Å². The number of pyridine rings is 1. The molecule has 4 aromatic rings. The number of hydrogen-bond donors (Lipinski definition) is 1. The number of amides is 1. The quantitative estimate of drug-likeness (QED) is 0.127. The van der Waals surface area contributed by atoms with Crippen molar-refractivity contribution in [2.24, 2.45) is 5.10 Å². The Hall–Kier alpha value is -4.56. The predicted molar refractivity (Wildman–Crippen MR) is 139 cm³/mol. The van der Waals surface area contributed by atoms with Crippen LogP contribution in [0.25, 0.3) is 17.0 Å². The number of hydrogen-bond acceptors (Lipinski definition) is 6. The van der Waals surface area contributed by atoms with Crippen LogP contribution >= 0.6 is 11.6 Å². The molecular formula is C27H20ClN5O3. The van der Waals surface area contributed by atoms with Gasteiger partial charge >= 0.3 is 0 Å². The standard InChI is InChI=1S/C27H20ClN5O3/c1-17-10-11-23-20(12-17)15-21(25(28)30-23)16-29-32-26(19-7-3-2-4-8-19)31-24(27(32)34)14-18-6-5-9-22(13-18)33(35)36/h2-16,26,31H,1H3/b24-14-,29-16+. The Morgan fingerprint density at radius 2 is 1.89 bits per heavy atom. The van der Waals surface area contributed by atoms with Crippen molar-refractivity contribution in [1.82, 2.24) is 15.3 Å². The van der Waals surface area contributed by atoms with E-state index in [1.807, 2.05) is 61.5 Å². The molecule has 0 saturated carbocycles. The average Bonchev–Trinajstić information content (AvgIpc) is 3.18. The Morgan fingerprint density at radius 1 is 1.08 bits per heavy atom. The van der Waals surface area contributed by atoms with Crippen LogP contribution in [0, 0.1) is 17.0 Å². The van der Waals surface area contributed by atoms with Crippen LogP contribution in [0.5, 0.6) is 0 Å². The third-order valence-corrected chi connectivity index (χ3v) is 6.06. The highest BCUT2D eigenvalue weighted by molar-refractivity contribution is 6.32. The van der Waals surface area contributed by atoms with E-state index in [4.69, 9.17) is 11.6 Å². The number of carbonyl (C=O) groups excluding carboxylic acids is 1. The fourth-order valence-corrected chi connectivity index (χ4v) is 4.19. The molecule has 1 atom stereocenters. The molecule has 1 aromatic heterocycles. The van der Waals surface area contributed by atoms with Crippen LogP contribution in [0.15, 0.2) is 89.7 Å². The van der Waals surface area contributed by atoms with Gasteiger partial charge < -0.3 is 5.32 Å². The minimum absolute atomic E-state index is 0.0574.